The van der Waals surface area contributed by atoms with Crippen LogP contribution in [0.5, 0.6) is 0 Å². The van der Waals surface area contributed by atoms with Crippen LogP contribution in [-0.2, 0) is 4.74 Å². The summed E-state index contributed by atoms with van der Waals surface area (Å²) in [4.78, 5) is 22.1. The Hall–Kier alpha value is -2.10. The molecule has 0 fully saturated rings. The van der Waals surface area contributed by atoms with E-state index in [0.717, 1.165) is 0 Å². The minimum absolute atomic E-state index is 0.409. The van der Waals surface area contributed by atoms with E-state index in [-0.39, 0.29) is 0 Å². The molecule has 0 amide bonds. The number of fused-ring (bicyclic) bond motifs is 1. The van der Waals surface area contributed by atoms with Gasteiger partial charge in [0.2, 0.25) is 0 Å². The van der Waals surface area contributed by atoms with Crippen LogP contribution in [0.3, 0.4) is 0 Å². The Morgan fingerprint density at radius 3 is 2.80 bits per heavy atom. The molecule has 0 atom stereocenters. The Morgan fingerprint density at radius 1 is 1.27 bits per heavy atom. The lowest BCUT2D eigenvalue weighted by atomic mass is 10.1. The molecule has 0 aliphatic heterocycles. The highest BCUT2D eigenvalue weighted by atomic mass is 16.5. The molecule has 0 spiro atoms. The van der Waals surface area contributed by atoms with Gasteiger partial charge >= 0.3 is 11.6 Å². The van der Waals surface area contributed by atoms with Gasteiger partial charge in [-0.3, -0.25) is 0 Å². The lowest BCUT2D eigenvalue weighted by molar-refractivity contribution is 0.0601. The van der Waals surface area contributed by atoms with Crippen LogP contribution in [0.1, 0.15) is 10.4 Å². The minimum atomic E-state index is -0.414. The number of methoxy groups -OCH3 is 1. The summed E-state index contributed by atoms with van der Waals surface area (Å²) in [7, 11) is 1.32. The smallest absolute Gasteiger partial charge is 0.337 e. The topological polar surface area (TPSA) is 56.5 Å². The van der Waals surface area contributed by atoms with E-state index in [9.17, 15) is 9.59 Å². The zero-order chi connectivity index (χ0) is 10.8. The molecule has 15 heavy (non-hydrogen) atoms. The average Bonchev–Trinajstić information content (AvgIpc) is 2.27. The number of carbonyl (C=O) groups excluding carboxylic acids is 1. The zero-order valence-electron chi connectivity index (χ0n) is 8.02. The van der Waals surface area contributed by atoms with E-state index in [1.807, 2.05) is 0 Å². The number of ether oxygens (including phenoxy) is 1. The van der Waals surface area contributed by atoms with Gasteiger partial charge in [-0.05, 0) is 24.3 Å². The fourth-order valence-corrected chi connectivity index (χ4v) is 1.32. The van der Waals surface area contributed by atoms with Crippen LogP contribution in [0, 0.1) is 0 Å². The molecule has 0 saturated heterocycles. The van der Waals surface area contributed by atoms with Crippen molar-refractivity contribution in [2.45, 2.75) is 0 Å². The number of hydrogen-bond donors (Lipinski definition) is 0. The molecule has 1 aromatic heterocycles. The van der Waals surface area contributed by atoms with Crippen LogP contribution in [0.2, 0.25) is 0 Å². The molecule has 1 aromatic carbocycles. The highest BCUT2D eigenvalue weighted by Gasteiger charge is 2.06. The van der Waals surface area contributed by atoms with Crippen LogP contribution in [-0.4, -0.2) is 13.1 Å². The van der Waals surface area contributed by atoms with E-state index >= 15 is 0 Å². The molecule has 0 radical (unpaired) electrons. The van der Waals surface area contributed by atoms with Crippen molar-refractivity contribution >= 4 is 16.9 Å². The SMILES string of the molecule is COC(=O)c1ccc2oc(=O)ccc2c1. The van der Waals surface area contributed by atoms with Crippen molar-refractivity contribution in [3.05, 3.63) is 46.3 Å². The maximum absolute atomic E-state index is 11.2. The molecule has 0 aliphatic rings. The first-order valence-corrected chi connectivity index (χ1v) is 4.33. The van der Waals surface area contributed by atoms with Gasteiger partial charge in [-0.2, -0.15) is 0 Å². The monoisotopic (exact) mass is 204 g/mol. The minimum Gasteiger partial charge on any atom is -0.465 e. The third kappa shape index (κ3) is 1.74. The van der Waals surface area contributed by atoms with Crippen molar-refractivity contribution in [1.82, 2.24) is 0 Å². The number of hydrogen-bond acceptors (Lipinski definition) is 4. The molecule has 2 aromatic rings. The maximum Gasteiger partial charge on any atom is 0.337 e. The molecule has 0 unspecified atom stereocenters. The van der Waals surface area contributed by atoms with Crippen LogP contribution in [0.4, 0.5) is 0 Å². The highest BCUT2D eigenvalue weighted by molar-refractivity contribution is 5.93. The summed E-state index contributed by atoms with van der Waals surface area (Å²) in [6.45, 7) is 0. The molecule has 0 saturated carbocycles. The summed E-state index contributed by atoms with van der Waals surface area (Å²) in [5.74, 6) is -0.414. The van der Waals surface area contributed by atoms with E-state index in [0.29, 0.717) is 16.5 Å². The lowest BCUT2D eigenvalue weighted by Gasteiger charge is -2.00. The number of carbonyl (C=O) groups is 1. The summed E-state index contributed by atoms with van der Waals surface area (Å²) in [6, 6.07) is 7.65. The van der Waals surface area contributed by atoms with E-state index in [4.69, 9.17) is 4.42 Å². The van der Waals surface area contributed by atoms with E-state index in [1.54, 1.807) is 24.3 Å². The molecule has 4 heteroatoms. The molecule has 0 aliphatic carbocycles. The summed E-state index contributed by atoms with van der Waals surface area (Å²) < 4.78 is 9.50. The largest absolute Gasteiger partial charge is 0.465 e. The van der Waals surface area contributed by atoms with Gasteiger partial charge in [0.1, 0.15) is 5.58 Å². The van der Waals surface area contributed by atoms with Crippen LogP contribution >= 0.6 is 0 Å². The molecule has 0 N–H and O–H groups in total. The first-order chi connectivity index (χ1) is 7.20. The van der Waals surface area contributed by atoms with E-state index in [1.165, 1.54) is 13.2 Å². The van der Waals surface area contributed by atoms with E-state index < -0.39 is 11.6 Å². The quantitative estimate of drug-likeness (QED) is 0.522. The standard InChI is InChI=1S/C11H8O4/c1-14-11(13)8-2-4-9-7(6-8)3-5-10(12)15-9/h2-6H,1H3. The third-order valence-electron chi connectivity index (χ3n) is 2.04. The van der Waals surface area contributed by atoms with Crippen LogP contribution in [0.15, 0.2) is 39.5 Å². The van der Waals surface area contributed by atoms with Crippen molar-refractivity contribution in [3.63, 3.8) is 0 Å². The average molecular weight is 204 g/mol. The number of benzene rings is 1. The molecule has 1 heterocycles. The Balaban J connectivity index is 2.62. The molecule has 2 rings (SSSR count). The van der Waals surface area contributed by atoms with Gasteiger partial charge in [-0.25, -0.2) is 9.59 Å². The molecule has 4 nitrogen and oxygen atoms in total. The van der Waals surface area contributed by atoms with Gasteiger partial charge in [0.25, 0.3) is 0 Å². The Bertz CT molecular complexity index is 568. The summed E-state index contributed by atoms with van der Waals surface area (Å²) in [6.07, 6.45) is 0. The highest BCUT2D eigenvalue weighted by Crippen LogP contribution is 2.14. The fraction of sp³-hybridized carbons (Fsp3) is 0.0909. The first kappa shape index (κ1) is 9.45. The normalized spacial score (nSPS) is 10.2. The predicted molar refractivity (Wildman–Crippen MR) is 53.8 cm³/mol. The Kier molecular flexibility index (Phi) is 2.25. The summed E-state index contributed by atoms with van der Waals surface area (Å²) in [5.41, 5.74) is 0.474. The van der Waals surface area contributed by atoms with Gasteiger partial charge in [0.15, 0.2) is 0 Å². The van der Waals surface area contributed by atoms with Crippen molar-refractivity contribution in [2.75, 3.05) is 7.11 Å². The summed E-state index contributed by atoms with van der Waals surface area (Å²) in [5, 5.41) is 0.692. The van der Waals surface area contributed by atoms with Crippen molar-refractivity contribution < 1.29 is 13.9 Å². The second-order valence-electron chi connectivity index (χ2n) is 3.00. The van der Waals surface area contributed by atoms with E-state index in [2.05, 4.69) is 4.74 Å². The first-order valence-electron chi connectivity index (χ1n) is 4.33. The molecular formula is C11H8O4. The Labute approximate surface area is 85.1 Å². The van der Waals surface area contributed by atoms with Crippen molar-refractivity contribution in [1.29, 1.82) is 0 Å². The number of rotatable bonds is 1. The third-order valence-corrected chi connectivity index (χ3v) is 2.04. The zero-order valence-corrected chi connectivity index (χ0v) is 8.02. The number of esters is 1. The Morgan fingerprint density at radius 2 is 2.07 bits per heavy atom. The second kappa shape index (κ2) is 3.57. The maximum atomic E-state index is 11.2. The van der Waals surface area contributed by atoms with Gasteiger partial charge in [0.05, 0.1) is 12.7 Å². The molecule has 0 bridgehead atoms. The lowest BCUT2D eigenvalue weighted by Crippen LogP contribution is -2.01. The second-order valence-corrected chi connectivity index (χ2v) is 3.00. The van der Waals surface area contributed by atoms with Gasteiger partial charge < -0.3 is 9.15 Å². The predicted octanol–water partition coefficient (Wildman–Crippen LogP) is 1.58. The van der Waals surface area contributed by atoms with Crippen LogP contribution < -0.4 is 5.63 Å². The van der Waals surface area contributed by atoms with Crippen molar-refractivity contribution in [3.8, 4) is 0 Å². The fourth-order valence-electron chi connectivity index (χ4n) is 1.32. The molecule has 76 valence electrons. The molecular weight excluding hydrogens is 196 g/mol. The van der Waals surface area contributed by atoms with Gasteiger partial charge in [-0.15, -0.1) is 0 Å². The summed E-state index contributed by atoms with van der Waals surface area (Å²) >= 11 is 0. The van der Waals surface area contributed by atoms with Gasteiger partial charge in [0, 0.05) is 11.5 Å². The van der Waals surface area contributed by atoms with Crippen molar-refractivity contribution in [2.24, 2.45) is 0 Å². The van der Waals surface area contributed by atoms with Crippen LogP contribution in [0.25, 0.3) is 11.0 Å². The van der Waals surface area contributed by atoms with Gasteiger partial charge in [-0.1, -0.05) is 0 Å².